The van der Waals surface area contributed by atoms with Crippen molar-refractivity contribution in [1.82, 2.24) is 25.2 Å². The summed E-state index contributed by atoms with van der Waals surface area (Å²) in [5.41, 5.74) is 0. The Balaban J connectivity index is 1.52. The van der Waals surface area contributed by atoms with Gasteiger partial charge in [0.25, 0.3) is 0 Å². The van der Waals surface area contributed by atoms with Crippen molar-refractivity contribution in [2.45, 2.75) is 44.7 Å². The van der Waals surface area contributed by atoms with Crippen molar-refractivity contribution >= 4 is 11.8 Å². The summed E-state index contributed by atoms with van der Waals surface area (Å²) in [6.45, 7) is 1.82. The van der Waals surface area contributed by atoms with Crippen LogP contribution in [0.15, 0.2) is 12.4 Å². The minimum Gasteiger partial charge on any atom is -0.352 e. The number of piperidine rings is 1. The molecule has 2 heterocycles. The molecule has 0 radical (unpaired) electrons. The van der Waals surface area contributed by atoms with Gasteiger partial charge in [0, 0.05) is 25.2 Å². The van der Waals surface area contributed by atoms with E-state index in [0.717, 1.165) is 38.6 Å². The smallest absolute Gasteiger partial charge is 0.242 e. The first kappa shape index (κ1) is 14.0. The zero-order valence-electron chi connectivity index (χ0n) is 12.1. The lowest BCUT2D eigenvalue weighted by molar-refractivity contribution is -0.143. The first-order valence-electron chi connectivity index (χ1n) is 7.68. The van der Waals surface area contributed by atoms with Crippen molar-refractivity contribution in [3.05, 3.63) is 12.4 Å². The van der Waals surface area contributed by atoms with Gasteiger partial charge in [0.1, 0.15) is 6.04 Å². The normalized spacial score (nSPS) is 22.1. The van der Waals surface area contributed by atoms with E-state index in [4.69, 9.17) is 0 Å². The molecule has 2 amide bonds. The fraction of sp³-hybridized carbons (Fsp3) is 0.714. The lowest BCUT2D eigenvalue weighted by atomic mass is 10.0. The van der Waals surface area contributed by atoms with E-state index in [9.17, 15) is 9.59 Å². The summed E-state index contributed by atoms with van der Waals surface area (Å²) in [7, 11) is 0. The van der Waals surface area contributed by atoms with Gasteiger partial charge in [-0.2, -0.15) is 0 Å². The number of carbonyl (C=O) groups excluding carboxylic acids is 2. The van der Waals surface area contributed by atoms with Gasteiger partial charge in [-0.3, -0.25) is 14.3 Å². The second-order valence-electron chi connectivity index (χ2n) is 5.77. The van der Waals surface area contributed by atoms with Gasteiger partial charge in [0.2, 0.25) is 11.8 Å². The van der Waals surface area contributed by atoms with E-state index in [2.05, 4.69) is 15.6 Å². The topological polar surface area (TPSA) is 80.1 Å². The zero-order valence-corrected chi connectivity index (χ0v) is 12.1. The maximum atomic E-state index is 12.3. The maximum Gasteiger partial charge on any atom is 0.242 e. The highest BCUT2D eigenvalue weighted by atomic mass is 16.2. The Kier molecular flexibility index (Phi) is 4.17. The van der Waals surface area contributed by atoms with Crippen LogP contribution >= 0.6 is 0 Å². The van der Waals surface area contributed by atoms with Gasteiger partial charge < -0.3 is 10.2 Å². The minimum atomic E-state index is -0.289. The predicted octanol–water partition coefficient (Wildman–Crippen LogP) is 0.185. The molecule has 1 aromatic heterocycles. The molecule has 0 bridgehead atoms. The number of likely N-dealkylation sites (tertiary alicyclic amines) is 1. The highest BCUT2D eigenvalue weighted by Gasteiger charge is 2.39. The van der Waals surface area contributed by atoms with Gasteiger partial charge in [-0.1, -0.05) is 5.21 Å². The van der Waals surface area contributed by atoms with Gasteiger partial charge in [0.05, 0.1) is 12.7 Å². The van der Waals surface area contributed by atoms with Gasteiger partial charge in [0.15, 0.2) is 0 Å². The Morgan fingerprint density at radius 1 is 1.24 bits per heavy atom. The second kappa shape index (κ2) is 6.24. The summed E-state index contributed by atoms with van der Waals surface area (Å²) in [4.78, 5) is 26.4. The molecule has 0 unspecified atom stereocenters. The second-order valence-corrected chi connectivity index (χ2v) is 5.77. The van der Waals surface area contributed by atoms with Crippen molar-refractivity contribution in [3.8, 4) is 0 Å². The Bertz CT molecular complexity index is 497. The molecule has 1 N–H and O–H groups in total. The number of aromatic nitrogens is 3. The van der Waals surface area contributed by atoms with Crippen LogP contribution in [0.25, 0.3) is 0 Å². The van der Waals surface area contributed by atoms with Crippen LogP contribution in [-0.4, -0.2) is 50.8 Å². The number of hydrogen-bond donors (Lipinski definition) is 1. The zero-order chi connectivity index (χ0) is 14.7. The third-order valence-corrected chi connectivity index (χ3v) is 4.13. The number of rotatable bonds is 5. The Labute approximate surface area is 123 Å². The van der Waals surface area contributed by atoms with E-state index in [-0.39, 0.29) is 23.8 Å². The summed E-state index contributed by atoms with van der Waals surface area (Å²) < 4.78 is 1.67. The van der Waals surface area contributed by atoms with Gasteiger partial charge in [-0.05, 0) is 32.1 Å². The van der Waals surface area contributed by atoms with E-state index in [1.54, 1.807) is 22.0 Å². The third kappa shape index (κ3) is 3.40. The SMILES string of the molecule is O=C(NCCn1ccnn1)[C@H]1CCCCN1C(=O)C1CC1. The average Bonchev–Trinajstić information content (AvgIpc) is 3.24. The van der Waals surface area contributed by atoms with Crippen LogP contribution < -0.4 is 5.32 Å². The number of hydrogen-bond acceptors (Lipinski definition) is 4. The summed E-state index contributed by atoms with van der Waals surface area (Å²) in [5.74, 6) is 0.309. The van der Waals surface area contributed by atoms with E-state index >= 15 is 0 Å². The third-order valence-electron chi connectivity index (χ3n) is 4.13. The largest absolute Gasteiger partial charge is 0.352 e. The van der Waals surface area contributed by atoms with Gasteiger partial charge in [-0.15, -0.1) is 5.10 Å². The first-order valence-corrected chi connectivity index (χ1v) is 7.68. The van der Waals surface area contributed by atoms with Crippen molar-refractivity contribution in [1.29, 1.82) is 0 Å². The molecule has 1 saturated heterocycles. The molecule has 7 nitrogen and oxygen atoms in total. The molecule has 2 aliphatic rings. The minimum absolute atomic E-state index is 0.0381. The molecule has 1 aromatic rings. The van der Waals surface area contributed by atoms with Crippen molar-refractivity contribution in [2.24, 2.45) is 5.92 Å². The quantitative estimate of drug-likeness (QED) is 0.839. The van der Waals surface area contributed by atoms with Crippen molar-refractivity contribution in [2.75, 3.05) is 13.1 Å². The molecule has 1 atom stereocenters. The summed E-state index contributed by atoms with van der Waals surface area (Å²) in [5, 5.41) is 10.5. The van der Waals surface area contributed by atoms with Crippen LogP contribution in [0.3, 0.4) is 0 Å². The molecule has 1 aliphatic carbocycles. The lowest BCUT2D eigenvalue weighted by Crippen LogP contribution is -2.52. The van der Waals surface area contributed by atoms with E-state index in [1.807, 2.05) is 0 Å². The van der Waals surface area contributed by atoms with E-state index < -0.39 is 0 Å². The van der Waals surface area contributed by atoms with Crippen molar-refractivity contribution < 1.29 is 9.59 Å². The van der Waals surface area contributed by atoms with Crippen LogP contribution in [0.1, 0.15) is 32.1 Å². The molecule has 114 valence electrons. The highest BCUT2D eigenvalue weighted by Crippen LogP contribution is 2.33. The molecule has 1 saturated carbocycles. The van der Waals surface area contributed by atoms with Gasteiger partial charge >= 0.3 is 0 Å². The molecule has 0 aromatic carbocycles. The van der Waals surface area contributed by atoms with Gasteiger partial charge in [-0.25, -0.2) is 0 Å². The predicted molar refractivity (Wildman–Crippen MR) is 75.1 cm³/mol. The Morgan fingerprint density at radius 3 is 2.81 bits per heavy atom. The molecular weight excluding hydrogens is 270 g/mol. The number of amides is 2. The molecular formula is C14H21N5O2. The summed E-state index contributed by atoms with van der Waals surface area (Å²) >= 11 is 0. The van der Waals surface area contributed by atoms with E-state index in [1.165, 1.54) is 0 Å². The first-order chi connectivity index (χ1) is 10.3. The van der Waals surface area contributed by atoms with Crippen LogP contribution in [0.5, 0.6) is 0 Å². The highest BCUT2D eigenvalue weighted by molar-refractivity contribution is 5.89. The van der Waals surface area contributed by atoms with Crippen LogP contribution in [0, 0.1) is 5.92 Å². The molecule has 3 rings (SSSR count). The fourth-order valence-corrected chi connectivity index (χ4v) is 2.80. The number of nitrogens with one attached hydrogen (secondary N) is 1. The Morgan fingerprint density at radius 2 is 2.10 bits per heavy atom. The molecule has 0 spiro atoms. The molecule has 21 heavy (non-hydrogen) atoms. The maximum absolute atomic E-state index is 12.3. The van der Waals surface area contributed by atoms with Crippen LogP contribution in [0.4, 0.5) is 0 Å². The average molecular weight is 291 g/mol. The fourth-order valence-electron chi connectivity index (χ4n) is 2.80. The molecule has 7 heteroatoms. The number of carbonyl (C=O) groups is 2. The standard InChI is InChI=1S/C14H21N5O2/c20-13(15-6-9-18-10-7-16-17-18)12-3-1-2-8-19(12)14(21)11-4-5-11/h7,10-12H,1-6,8-9H2,(H,15,20)/t12-/m1/s1. The number of nitrogens with zero attached hydrogens (tertiary/aromatic N) is 4. The van der Waals surface area contributed by atoms with E-state index in [0.29, 0.717) is 13.1 Å². The Hall–Kier alpha value is -1.92. The summed E-state index contributed by atoms with van der Waals surface area (Å²) in [6.07, 6.45) is 8.12. The van der Waals surface area contributed by atoms with Crippen LogP contribution in [-0.2, 0) is 16.1 Å². The monoisotopic (exact) mass is 291 g/mol. The summed E-state index contributed by atoms with van der Waals surface area (Å²) in [6, 6.07) is -0.289. The molecule has 2 fully saturated rings. The lowest BCUT2D eigenvalue weighted by Gasteiger charge is -2.34. The van der Waals surface area contributed by atoms with Crippen molar-refractivity contribution in [3.63, 3.8) is 0 Å². The molecule has 1 aliphatic heterocycles. The van der Waals surface area contributed by atoms with Crippen LogP contribution in [0.2, 0.25) is 0 Å².